The SMILES string of the molecule is CC(C)(CCO)NS(=O)(=O)c1cc(Cl)sc1Cl. The Morgan fingerprint density at radius 2 is 2.06 bits per heavy atom. The van der Waals surface area contributed by atoms with Gasteiger partial charge in [-0.25, -0.2) is 13.1 Å². The van der Waals surface area contributed by atoms with Gasteiger partial charge in [0.05, 0.1) is 4.34 Å². The van der Waals surface area contributed by atoms with Crippen molar-refractivity contribution in [1.29, 1.82) is 0 Å². The molecule has 2 N–H and O–H groups in total. The predicted molar refractivity (Wildman–Crippen MR) is 70.4 cm³/mol. The molecule has 0 saturated carbocycles. The maximum Gasteiger partial charge on any atom is 0.243 e. The van der Waals surface area contributed by atoms with Crippen LogP contribution in [0.2, 0.25) is 8.67 Å². The molecule has 1 aromatic heterocycles. The molecule has 0 aliphatic heterocycles. The summed E-state index contributed by atoms with van der Waals surface area (Å²) in [7, 11) is -3.72. The van der Waals surface area contributed by atoms with Crippen molar-refractivity contribution < 1.29 is 13.5 Å². The number of thiophene rings is 1. The minimum Gasteiger partial charge on any atom is -0.396 e. The standard InChI is InChI=1S/C9H13Cl2NO3S2/c1-9(2,3-4-13)12-17(14,15)6-5-7(10)16-8(6)11/h5,12-13H,3-4H2,1-2H3. The third-order valence-corrected chi connectivity index (χ3v) is 5.51. The molecule has 0 saturated heterocycles. The van der Waals surface area contributed by atoms with Gasteiger partial charge in [0.15, 0.2) is 0 Å². The molecule has 1 heterocycles. The van der Waals surface area contributed by atoms with Crippen LogP contribution in [-0.2, 0) is 10.0 Å². The number of sulfonamides is 1. The second-order valence-corrected chi connectivity index (χ2v) is 8.09. The highest BCUT2D eigenvalue weighted by Crippen LogP contribution is 2.34. The van der Waals surface area contributed by atoms with Crippen LogP contribution in [0.4, 0.5) is 0 Å². The first-order valence-electron chi connectivity index (χ1n) is 4.77. The van der Waals surface area contributed by atoms with E-state index in [2.05, 4.69) is 4.72 Å². The molecule has 0 aromatic carbocycles. The molecule has 0 radical (unpaired) electrons. The zero-order valence-electron chi connectivity index (χ0n) is 9.33. The van der Waals surface area contributed by atoms with Crippen LogP contribution < -0.4 is 4.72 Å². The van der Waals surface area contributed by atoms with E-state index >= 15 is 0 Å². The Bertz CT molecular complexity index is 496. The Balaban J connectivity index is 3.01. The number of aliphatic hydroxyl groups excluding tert-OH is 1. The van der Waals surface area contributed by atoms with Gasteiger partial charge in [0.2, 0.25) is 10.0 Å². The second kappa shape index (κ2) is 5.42. The Labute approximate surface area is 115 Å². The predicted octanol–water partition coefficient (Wildman–Crippen LogP) is 2.49. The Morgan fingerprint density at radius 3 is 2.47 bits per heavy atom. The largest absolute Gasteiger partial charge is 0.396 e. The monoisotopic (exact) mass is 317 g/mol. The van der Waals surface area contributed by atoms with Gasteiger partial charge >= 0.3 is 0 Å². The first-order valence-corrected chi connectivity index (χ1v) is 7.83. The molecule has 1 rings (SSSR count). The van der Waals surface area contributed by atoms with Crippen molar-refractivity contribution in [2.75, 3.05) is 6.61 Å². The highest BCUT2D eigenvalue weighted by atomic mass is 35.5. The number of aliphatic hydroxyl groups is 1. The summed E-state index contributed by atoms with van der Waals surface area (Å²) in [4.78, 5) is -0.0276. The lowest BCUT2D eigenvalue weighted by Crippen LogP contribution is -2.43. The first-order chi connectivity index (χ1) is 7.68. The van der Waals surface area contributed by atoms with Crippen LogP contribution in [0.15, 0.2) is 11.0 Å². The molecular formula is C9H13Cl2NO3S2. The van der Waals surface area contributed by atoms with Crippen molar-refractivity contribution in [3.63, 3.8) is 0 Å². The number of hydrogen-bond acceptors (Lipinski definition) is 4. The van der Waals surface area contributed by atoms with Crippen molar-refractivity contribution in [2.45, 2.75) is 30.7 Å². The number of halogens is 2. The smallest absolute Gasteiger partial charge is 0.243 e. The van der Waals surface area contributed by atoms with E-state index in [0.717, 1.165) is 11.3 Å². The van der Waals surface area contributed by atoms with Crippen LogP contribution in [0.1, 0.15) is 20.3 Å². The number of rotatable bonds is 5. The van der Waals surface area contributed by atoms with Crippen LogP contribution in [0.25, 0.3) is 0 Å². The molecule has 8 heteroatoms. The topological polar surface area (TPSA) is 66.4 Å². The first kappa shape index (κ1) is 15.2. The Hall–Kier alpha value is 0.150. The number of hydrogen-bond donors (Lipinski definition) is 2. The highest BCUT2D eigenvalue weighted by Gasteiger charge is 2.28. The minimum absolute atomic E-state index is 0.0276. The summed E-state index contributed by atoms with van der Waals surface area (Å²) >= 11 is 12.5. The zero-order chi connectivity index (χ0) is 13.3. The van der Waals surface area contributed by atoms with Gasteiger partial charge in [-0.2, -0.15) is 0 Å². The lowest BCUT2D eigenvalue weighted by molar-refractivity contribution is 0.246. The zero-order valence-corrected chi connectivity index (χ0v) is 12.5. The van der Waals surface area contributed by atoms with Gasteiger partial charge in [-0.05, 0) is 26.3 Å². The van der Waals surface area contributed by atoms with Gasteiger partial charge in [0.1, 0.15) is 9.23 Å². The van der Waals surface area contributed by atoms with E-state index in [1.807, 2.05) is 0 Å². The minimum atomic E-state index is -3.72. The highest BCUT2D eigenvalue weighted by molar-refractivity contribution is 7.89. The molecule has 4 nitrogen and oxygen atoms in total. The fourth-order valence-electron chi connectivity index (χ4n) is 1.26. The molecule has 0 aliphatic rings. The van der Waals surface area contributed by atoms with Crippen LogP contribution in [-0.4, -0.2) is 25.7 Å². The summed E-state index contributed by atoms with van der Waals surface area (Å²) in [6.07, 6.45) is 0.307. The quantitative estimate of drug-likeness (QED) is 0.876. The fraction of sp³-hybridized carbons (Fsp3) is 0.556. The van der Waals surface area contributed by atoms with Gasteiger partial charge in [-0.15, -0.1) is 11.3 Å². The lowest BCUT2D eigenvalue weighted by atomic mass is 10.0. The molecule has 0 amide bonds. The van der Waals surface area contributed by atoms with Gasteiger partial charge < -0.3 is 5.11 Å². The third kappa shape index (κ3) is 4.08. The third-order valence-electron chi connectivity index (χ3n) is 2.06. The van der Waals surface area contributed by atoms with E-state index < -0.39 is 15.6 Å². The van der Waals surface area contributed by atoms with E-state index in [-0.39, 0.29) is 15.8 Å². The average molecular weight is 318 g/mol. The summed E-state index contributed by atoms with van der Waals surface area (Å²) in [6.45, 7) is 3.26. The Kier molecular flexibility index (Phi) is 4.85. The van der Waals surface area contributed by atoms with Crippen molar-refractivity contribution >= 4 is 44.6 Å². The average Bonchev–Trinajstić information content (AvgIpc) is 2.43. The molecule has 17 heavy (non-hydrogen) atoms. The molecule has 0 aliphatic carbocycles. The van der Waals surface area contributed by atoms with Gasteiger partial charge in [0.25, 0.3) is 0 Å². The molecule has 1 aromatic rings. The van der Waals surface area contributed by atoms with Gasteiger partial charge in [-0.3, -0.25) is 0 Å². The van der Waals surface area contributed by atoms with Crippen molar-refractivity contribution in [3.8, 4) is 0 Å². The maximum atomic E-state index is 12.0. The van der Waals surface area contributed by atoms with Crippen LogP contribution in [0.5, 0.6) is 0 Å². The van der Waals surface area contributed by atoms with E-state index in [9.17, 15) is 8.42 Å². The number of nitrogens with one attached hydrogen (secondary N) is 1. The van der Waals surface area contributed by atoms with E-state index in [0.29, 0.717) is 10.8 Å². The van der Waals surface area contributed by atoms with Crippen molar-refractivity contribution in [3.05, 3.63) is 14.7 Å². The summed E-state index contributed by atoms with van der Waals surface area (Å²) < 4.78 is 27.0. The fourth-order valence-corrected chi connectivity index (χ4v) is 4.85. The second-order valence-electron chi connectivity index (χ2n) is 4.15. The van der Waals surface area contributed by atoms with E-state index in [1.165, 1.54) is 6.07 Å². The van der Waals surface area contributed by atoms with Crippen LogP contribution >= 0.6 is 34.5 Å². The molecule has 0 spiro atoms. The normalized spacial score (nSPS) is 13.0. The van der Waals surface area contributed by atoms with Crippen molar-refractivity contribution in [1.82, 2.24) is 4.72 Å². The summed E-state index contributed by atoms with van der Waals surface area (Å²) in [5.74, 6) is 0. The van der Waals surface area contributed by atoms with Crippen molar-refractivity contribution in [2.24, 2.45) is 0 Å². The van der Waals surface area contributed by atoms with Gasteiger partial charge in [0, 0.05) is 12.1 Å². The van der Waals surface area contributed by atoms with Gasteiger partial charge in [-0.1, -0.05) is 23.2 Å². The summed E-state index contributed by atoms with van der Waals surface area (Å²) in [5, 5.41) is 8.85. The van der Waals surface area contributed by atoms with E-state index in [1.54, 1.807) is 13.8 Å². The van der Waals surface area contributed by atoms with E-state index in [4.69, 9.17) is 28.3 Å². The lowest BCUT2D eigenvalue weighted by Gasteiger charge is -2.24. The summed E-state index contributed by atoms with van der Waals surface area (Å²) in [6, 6.07) is 1.31. The Morgan fingerprint density at radius 1 is 1.47 bits per heavy atom. The molecule has 0 bridgehead atoms. The molecule has 0 atom stereocenters. The molecule has 0 fully saturated rings. The maximum absolute atomic E-state index is 12.0. The summed E-state index contributed by atoms with van der Waals surface area (Å²) in [5.41, 5.74) is -0.745. The molecular weight excluding hydrogens is 305 g/mol. The molecule has 98 valence electrons. The molecule has 0 unspecified atom stereocenters. The van der Waals surface area contributed by atoms with Crippen LogP contribution in [0.3, 0.4) is 0 Å². The van der Waals surface area contributed by atoms with Crippen LogP contribution in [0, 0.1) is 0 Å².